The number of thiocarbonyl (C=S) groups is 1. The summed E-state index contributed by atoms with van der Waals surface area (Å²) in [7, 11) is 0. The fourth-order valence-corrected chi connectivity index (χ4v) is 2.92. The van der Waals surface area contributed by atoms with E-state index in [1.165, 1.54) is 0 Å². The highest BCUT2D eigenvalue weighted by atomic mass is 32.1. The predicted octanol–water partition coefficient (Wildman–Crippen LogP) is 1.39. The summed E-state index contributed by atoms with van der Waals surface area (Å²) in [5.74, 6) is 0.919. The van der Waals surface area contributed by atoms with Gasteiger partial charge >= 0.3 is 0 Å². The first-order valence-corrected chi connectivity index (χ1v) is 6.72. The average Bonchev–Trinajstić information content (AvgIpc) is 2.67. The zero-order chi connectivity index (χ0) is 12.7. The van der Waals surface area contributed by atoms with Crippen LogP contribution in [-0.2, 0) is 4.74 Å². The standard InChI is InChI=1S/C13H17N3OS/c1-8-2-5-11(12(14)18)13(15-8)16-6-9-3-4-10(7-16)17-9/h2,5,9-10H,3-4,6-7H2,1H3,(H2,14,18). The Hall–Kier alpha value is -1.20. The van der Waals surface area contributed by atoms with Gasteiger partial charge in [-0.05, 0) is 31.9 Å². The van der Waals surface area contributed by atoms with Gasteiger partial charge in [0.1, 0.15) is 10.8 Å². The van der Waals surface area contributed by atoms with Gasteiger partial charge in [0.25, 0.3) is 0 Å². The first-order chi connectivity index (χ1) is 8.63. The minimum atomic E-state index is 0.338. The van der Waals surface area contributed by atoms with Crippen molar-refractivity contribution in [2.75, 3.05) is 18.0 Å². The van der Waals surface area contributed by atoms with Crippen molar-refractivity contribution in [3.8, 4) is 0 Å². The van der Waals surface area contributed by atoms with E-state index in [1.807, 2.05) is 19.1 Å². The summed E-state index contributed by atoms with van der Waals surface area (Å²) in [6.45, 7) is 3.77. The van der Waals surface area contributed by atoms with Crippen LogP contribution in [0.25, 0.3) is 0 Å². The highest BCUT2D eigenvalue weighted by Gasteiger charge is 2.35. The summed E-state index contributed by atoms with van der Waals surface area (Å²) in [5, 5.41) is 0. The van der Waals surface area contributed by atoms with Crippen molar-refractivity contribution < 1.29 is 4.74 Å². The Morgan fingerprint density at radius 3 is 2.67 bits per heavy atom. The van der Waals surface area contributed by atoms with E-state index < -0.39 is 0 Å². The molecule has 3 rings (SSSR count). The molecule has 2 aliphatic heterocycles. The van der Waals surface area contributed by atoms with Gasteiger partial charge in [-0.25, -0.2) is 4.98 Å². The van der Waals surface area contributed by atoms with E-state index in [0.717, 1.165) is 43.0 Å². The smallest absolute Gasteiger partial charge is 0.139 e. The molecule has 4 nitrogen and oxygen atoms in total. The van der Waals surface area contributed by atoms with E-state index in [9.17, 15) is 0 Å². The molecule has 3 heterocycles. The molecule has 5 heteroatoms. The molecule has 0 radical (unpaired) electrons. The number of hydrogen-bond acceptors (Lipinski definition) is 4. The summed E-state index contributed by atoms with van der Waals surface area (Å²) >= 11 is 5.12. The number of nitrogens with zero attached hydrogens (tertiary/aromatic N) is 2. The highest BCUT2D eigenvalue weighted by molar-refractivity contribution is 7.80. The van der Waals surface area contributed by atoms with Gasteiger partial charge in [-0.3, -0.25) is 0 Å². The molecule has 2 fully saturated rings. The fraction of sp³-hybridized carbons (Fsp3) is 0.538. The molecule has 2 saturated heterocycles. The zero-order valence-electron chi connectivity index (χ0n) is 10.4. The molecule has 2 aliphatic rings. The first kappa shape index (κ1) is 11.9. The molecular formula is C13H17N3OS. The van der Waals surface area contributed by atoms with Crippen LogP contribution in [0.15, 0.2) is 12.1 Å². The van der Waals surface area contributed by atoms with Gasteiger partial charge in [0, 0.05) is 18.8 Å². The summed E-state index contributed by atoms with van der Waals surface area (Å²) in [6, 6.07) is 3.92. The number of hydrogen-bond donors (Lipinski definition) is 1. The van der Waals surface area contributed by atoms with Gasteiger partial charge in [0.15, 0.2) is 0 Å². The van der Waals surface area contributed by atoms with Crippen LogP contribution in [0.3, 0.4) is 0 Å². The quantitative estimate of drug-likeness (QED) is 0.817. The number of fused-ring (bicyclic) bond motifs is 2. The third-order valence-electron chi connectivity index (χ3n) is 3.62. The lowest BCUT2D eigenvalue weighted by Gasteiger charge is -2.34. The van der Waals surface area contributed by atoms with Crippen LogP contribution in [0.1, 0.15) is 24.1 Å². The summed E-state index contributed by atoms with van der Waals surface area (Å²) in [4.78, 5) is 7.30. The van der Waals surface area contributed by atoms with Crippen LogP contribution < -0.4 is 10.6 Å². The molecule has 2 atom stereocenters. The zero-order valence-corrected chi connectivity index (χ0v) is 11.2. The fourth-order valence-electron chi connectivity index (χ4n) is 2.76. The Morgan fingerprint density at radius 1 is 1.39 bits per heavy atom. The minimum Gasteiger partial charge on any atom is -0.389 e. The Kier molecular flexibility index (Phi) is 2.95. The molecule has 2 unspecified atom stereocenters. The Morgan fingerprint density at radius 2 is 2.06 bits per heavy atom. The van der Waals surface area contributed by atoms with Crippen molar-refractivity contribution in [3.05, 3.63) is 23.4 Å². The second-order valence-corrected chi connectivity index (χ2v) is 5.49. The Balaban J connectivity index is 1.95. The summed E-state index contributed by atoms with van der Waals surface area (Å²) in [5.41, 5.74) is 7.65. The van der Waals surface area contributed by atoms with Gasteiger partial charge in [-0.1, -0.05) is 12.2 Å². The van der Waals surface area contributed by atoms with Gasteiger partial charge in [0.05, 0.1) is 17.8 Å². The molecule has 1 aromatic heterocycles. The van der Waals surface area contributed by atoms with Gasteiger partial charge in [-0.15, -0.1) is 0 Å². The lowest BCUT2D eigenvalue weighted by atomic mass is 10.2. The average molecular weight is 263 g/mol. The molecule has 0 aliphatic carbocycles. The maximum absolute atomic E-state index is 5.85. The van der Waals surface area contributed by atoms with E-state index in [4.69, 9.17) is 22.7 Å². The molecule has 0 spiro atoms. The lowest BCUT2D eigenvalue weighted by molar-refractivity contribution is 0.0302. The van der Waals surface area contributed by atoms with E-state index >= 15 is 0 Å². The molecular weight excluding hydrogens is 246 g/mol. The Bertz CT molecular complexity index is 479. The van der Waals surface area contributed by atoms with Gasteiger partial charge in [0.2, 0.25) is 0 Å². The molecule has 18 heavy (non-hydrogen) atoms. The summed E-state index contributed by atoms with van der Waals surface area (Å²) < 4.78 is 5.85. The Labute approximate surface area is 112 Å². The SMILES string of the molecule is Cc1ccc(C(N)=S)c(N2CC3CCC(C2)O3)n1. The van der Waals surface area contributed by atoms with E-state index in [-0.39, 0.29) is 0 Å². The lowest BCUT2D eigenvalue weighted by Crippen LogP contribution is -2.43. The van der Waals surface area contributed by atoms with Gasteiger partial charge in [-0.2, -0.15) is 0 Å². The molecule has 0 aromatic carbocycles. The number of anilines is 1. The van der Waals surface area contributed by atoms with Crippen molar-refractivity contribution in [1.82, 2.24) is 4.98 Å². The van der Waals surface area contributed by atoms with E-state index in [1.54, 1.807) is 0 Å². The minimum absolute atomic E-state index is 0.338. The van der Waals surface area contributed by atoms with Crippen molar-refractivity contribution in [1.29, 1.82) is 0 Å². The number of aromatic nitrogens is 1. The first-order valence-electron chi connectivity index (χ1n) is 6.31. The van der Waals surface area contributed by atoms with E-state index in [0.29, 0.717) is 17.2 Å². The summed E-state index contributed by atoms with van der Waals surface area (Å²) in [6.07, 6.45) is 2.97. The monoisotopic (exact) mass is 263 g/mol. The van der Waals surface area contributed by atoms with Crippen LogP contribution in [0, 0.1) is 6.92 Å². The number of ether oxygens (including phenoxy) is 1. The van der Waals surface area contributed by atoms with Crippen molar-refractivity contribution in [2.24, 2.45) is 5.73 Å². The van der Waals surface area contributed by atoms with Gasteiger partial charge < -0.3 is 15.4 Å². The molecule has 96 valence electrons. The molecule has 0 saturated carbocycles. The normalized spacial score (nSPS) is 26.4. The van der Waals surface area contributed by atoms with Crippen LogP contribution in [-0.4, -0.2) is 35.3 Å². The molecule has 2 N–H and O–H groups in total. The predicted molar refractivity (Wildman–Crippen MR) is 75.0 cm³/mol. The highest BCUT2D eigenvalue weighted by Crippen LogP contribution is 2.30. The van der Waals surface area contributed by atoms with Crippen LogP contribution in [0.4, 0.5) is 5.82 Å². The maximum Gasteiger partial charge on any atom is 0.139 e. The third-order valence-corrected chi connectivity index (χ3v) is 3.84. The molecule has 2 bridgehead atoms. The molecule has 0 amide bonds. The number of pyridine rings is 1. The number of aryl methyl sites for hydroxylation is 1. The largest absolute Gasteiger partial charge is 0.389 e. The maximum atomic E-state index is 5.85. The van der Waals surface area contributed by atoms with Crippen LogP contribution in [0.5, 0.6) is 0 Å². The number of nitrogens with two attached hydrogens (primary N) is 1. The van der Waals surface area contributed by atoms with Crippen LogP contribution >= 0.6 is 12.2 Å². The van der Waals surface area contributed by atoms with Crippen LogP contribution in [0.2, 0.25) is 0 Å². The van der Waals surface area contributed by atoms with Crippen molar-refractivity contribution in [3.63, 3.8) is 0 Å². The second kappa shape index (κ2) is 4.48. The van der Waals surface area contributed by atoms with Crippen molar-refractivity contribution in [2.45, 2.75) is 32.0 Å². The number of morpholine rings is 1. The van der Waals surface area contributed by atoms with Crippen molar-refractivity contribution >= 4 is 23.0 Å². The number of rotatable bonds is 2. The second-order valence-electron chi connectivity index (χ2n) is 5.05. The topological polar surface area (TPSA) is 51.4 Å². The molecule has 1 aromatic rings. The van der Waals surface area contributed by atoms with E-state index in [2.05, 4.69) is 9.88 Å². The third kappa shape index (κ3) is 2.08.